The van der Waals surface area contributed by atoms with Crippen molar-refractivity contribution in [2.24, 2.45) is 0 Å². The fraction of sp³-hybridized carbons (Fsp3) is 0.231. The molecule has 0 aliphatic carbocycles. The highest BCUT2D eigenvalue weighted by Gasteiger charge is 2.15. The molecule has 0 fully saturated rings. The normalized spacial score (nSPS) is 10.8. The van der Waals surface area contributed by atoms with Gasteiger partial charge in [0.05, 0.1) is 5.69 Å². The Balaban J connectivity index is 2.44. The Hall–Kier alpha value is -1.39. The Kier molecular flexibility index (Phi) is 4.22. The van der Waals surface area contributed by atoms with Crippen molar-refractivity contribution >= 4 is 34.7 Å². The van der Waals surface area contributed by atoms with Crippen LogP contribution >= 0.6 is 23.2 Å². The van der Waals surface area contributed by atoms with Crippen molar-refractivity contribution in [3.8, 4) is 0 Å². The molecule has 0 radical (unpaired) electrons. The van der Waals surface area contributed by atoms with Gasteiger partial charge >= 0.3 is 0 Å². The quantitative estimate of drug-likeness (QED) is 0.828. The average molecular weight is 300 g/mol. The van der Waals surface area contributed by atoms with Crippen molar-refractivity contribution in [3.63, 3.8) is 0 Å². The van der Waals surface area contributed by atoms with Gasteiger partial charge in [-0.05, 0) is 24.1 Å². The Morgan fingerprint density at radius 2 is 1.95 bits per heavy atom. The Morgan fingerprint density at radius 3 is 2.63 bits per heavy atom. The number of nitrogens with one attached hydrogen (secondary N) is 1. The Bertz CT molecular complexity index is 602. The number of hydrogen-bond acceptors (Lipinski definition) is 3. The van der Waals surface area contributed by atoms with Crippen molar-refractivity contribution in [1.29, 1.82) is 0 Å². The highest BCUT2D eigenvalue weighted by atomic mass is 35.5. The van der Waals surface area contributed by atoms with Gasteiger partial charge < -0.3 is 5.32 Å². The SMILES string of the molecule is CC(C)c1c(Cl)ncnc1Nc1cc(Cl)ccc1F. The fourth-order valence-electron chi connectivity index (χ4n) is 1.71. The summed E-state index contributed by atoms with van der Waals surface area (Å²) in [5.74, 6) is 0.184. The summed E-state index contributed by atoms with van der Waals surface area (Å²) in [6, 6.07) is 4.28. The summed E-state index contributed by atoms with van der Waals surface area (Å²) in [7, 11) is 0. The monoisotopic (exact) mass is 299 g/mol. The third kappa shape index (κ3) is 3.14. The van der Waals surface area contributed by atoms with E-state index in [-0.39, 0.29) is 11.6 Å². The second-order valence-corrected chi connectivity index (χ2v) is 5.13. The predicted octanol–water partition coefficient (Wildman–Crippen LogP) is 4.79. The Labute approximate surface area is 120 Å². The van der Waals surface area contributed by atoms with Crippen LogP contribution in [-0.4, -0.2) is 9.97 Å². The van der Waals surface area contributed by atoms with Crippen molar-refractivity contribution in [1.82, 2.24) is 9.97 Å². The molecule has 0 amide bonds. The molecule has 3 nitrogen and oxygen atoms in total. The molecule has 19 heavy (non-hydrogen) atoms. The van der Waals surface area contributed by atoms with E-state index in [1.165, 1.54) is 24.5 Å². The number of aromatic nitrogens is 2. The average Bonchev–Trinajstić information content (AvgIpc) is 2.33. The molecular weight excluding hydrogens is 288 g/mol. The topological polar surface area (TPSA) is 37.8 Å². The van der Waals surface area contributed by atoms with Crippen LogP contribution in [0.3, 0.4) is 0 Å². The minimum atomic E-state index is -0.408. The van der Waals surface area contributed by atoms with E-state index in [4.69, 9.17) is 23.2 Å². The van der Waals surface area contributed by atoms with Crippen molar-refractivity contribution in [2.75, 3.05) is 5.32 Å². The minimum absolute atomic E-state index is 0.110. The van der Waals surface area contributed by atoms with Crippen molar-refractivity contribution in [2.45, 2.75) is 19.8 Å². The molecule has 0 saturated heterocycles. The summed E-state index contributed by atoms with van der Waals surface area (Å²) in [6.45, 7) is 3.92. The van der Waals surface area contributed by atoms with E-state index < -0.39 is 5.82 Å². The largest absolute Gasteiger partial charge is 0.337 e. The van der Waals surface area contributed by atoms with Gasteiger partial charge in [-0.1, -0.05) is 37.0 Å². The first-order valence-corrected chi connectivity index (χ1v) is 6.47. The van der Waals surface area contributed by atoms with E-state index >= 15 is 0 Å². The zero-order chi connectivity index (χ0) is 14.0. The fourth-order valence-corrected chi connectivity index (χ4v) is 2.23. The zero-order valence-electron chi connectivity index (χ0n) is 10.4. The third-order valence-corrected chi connectivity index (χ3v) is 3.13. The van der Waals surface area contributed by atoms with Gasteiger partial charge in [0, 0.05) is 10.6 Å². The summed E-state index contributed by atoms with van der Waals surface area (Å²) in [6.07, 6.45) is 1.33. The maximum atomic E-state index is 13.7. The van der Waals surface area contributed by atoms with Crippen LogP contribution in [0, 0.1) is 5.82 Å². The van der Waals surface area contributed by atoms with Gasteiger partial charge in [-0.3, -0.25) is 0 Å². The van der Waals surface area contributed by atoms with Gasteiger partial charge in [-0.25, -0.2) is 14.4 Å². The van der Waals surface area contributed by atoms with Gasteiger partial charge in [-0.2, -0.15) is 0 Å². The van der Waals surface area contributed by atoms with E-state index in [2.05, 4.69) is 15.3 Å². The van der Waals surface area contributed by atoms with Gasteiger partial charge in [0.15, 0.2) is 0 Å². The molecule has 0 spiro atoms. The lowest BCUT2D eigenvalue weighted by molar-refractivity contribution is 0.631. The summed E-state index contributed by atoms with van der Waals surface area (Å²) < 4.78 is 13.7. The van der Waals surface area contributed by atoms with Gasteiger partial charge in [0.2, 0.25) is 0 Å². The molecule has 2 rings (SSSR count). The van der Waals surface area contributed by atoms with E-state index in [1.54, 1.807) is 0 Å². The lowest BCUT2D eigenvalue weighted by Crippen LogP contribution is -2.04. The van der Waals surface area contributed by atoms with Crippen LogP contribution < -0.4 is 5.32 Å². The molecule has 0 saturated carbocycles. The van der Waals surface area contributed by atoms with Gasteiger partial charge in [0.1, 0.15) is 23.1 Å². The van der Waals surface area contributed by atoms with E-state index in [9.17, 15) is 4.39 Å². The zero-order valence-corrected chi connectivity index (χ0v) is 11.9. The lowest BCUT2D eigenvalue weighted by Gasteiger charge is -2.14. The Morgan fingerprint density at radius 1 is 1.21 bits per heavy atom. The van der Waals surface area contributed by atoms with Crippen LogP contribution in [0.4, 0.5) is 15.9 Å². The first kappa shape index (κ1) is 14.0. The van der Waals surface area contributed by atoms with E-state index in [1.807, 2.05) is 13.8 Å². The second kappa shape index (κ2) is 5.72. The molecule has 1 heterocycles. The van der Waals surface area contributed by atoms with Crippen LogP contribution in [0.2, 0.25) is 10.2 Å². The molecule has 1 N–H and O–H groups in total. The standard InChI is InChI=1S/C13H12Cl2FN3/c1-7(2)11-12(15)17-6-18-13(11)19-10-5-8(14)3-4-9(10)16/h3-7H,1-2H3,(H,17,18,19). The molecule has 0 bridgehead atoms. The molecular formula is C13H12Cl2FN3. The number of halogens is 3. The number of nitrogens with zero attached hydrogens (tertiary/aromatic N) is 2. The van der Waals surface area contributed by atoms with Crippen molar-refractivity contribution in [3.05, 3.63) is 46.1 Å². The van der Waals surface area contributed by atoms with Crippen LogP contribution in [0.5, 0.6) is 0 Å². The maximum absolute atomic E-state index is 13.7. The van der Waals surface area contributed by atoms with Crippen molar-refractivity contribution < 1.29 is 4.39 Å². The molecule has 0 aliphatic rings. The van der Waals surface area contributed by atoms with E-state index in [0.29, 0.717) is 16.0 Å². The number of hydrogen-bond donors (Lipinski definition) is 1. The van der Waals surface area contributed by atoms with Crippen LogP contribution in [-0.2, 0) is 0 Å². The van der Waals surface area contributed by atoms with Gasteiger partial charge in [0.25, 0.3) is 0 Å². The number of anilines is 2. The third-order valence-electron chi connectivity index (χ3n) is 2.59. The molecule has 0 atom stereocenters. The summed E-state index contributed by atoms with van der Waals surface area (Å²) in [4.78, 5) is 8.05. The van der Waals surface area contributed by atoms with Crippen LogP contribution in [0.15, 0.2) is 24.5 Å². The summed E-state index contributed by atoms with van der Waals surface area (Å²) >= 11 is 11.9. The minimum Gasteiger partial charge on any atom is -0.337 e. The molecule has 6 heteroatoms. The first-order chi connectivity index (χ1) is 8.99. The summed E-state index contributed by atoms with van der Waals surface area (Å²) in [5.41, 5.74) is 0.993. The number of benzene rings is 1. The molecule has 0 aliphatic heterocycles. The highest BCUT2D eigenvalue weighted by molar-refractivity contribution is 6.31. The smallest absolute Gasteiger partial charge is 0.146 e. The lowest BCUT2D eigenvalue weighted by atomic mass is 10.1. The van der Waals surface area contributed by atoms with Crippen LogP contribution in [0.1, 0.15) is 25.3 Å². The first-order valence-electron chi connectivity index (χ1n) is 5.71. The molecule has 0 unspecified atom stereocenters. The highest BCUT2D eigenvalue weighted by Crippen LogP contribution is 2.31. The molecule has 1 aromatic heterocycles. The van der Waals surface area contributed by atoms with Gasteiger partial charge in [-0.15, -0.1) is 0 Å². The molecule has 1 aromatic carbocycles. The second-order valence-electron chi connectivity index (χ2n) is 4.33. The molecule has 100 valence electrons. The maximum Gasteiger partial charge on any atom is 0.146 e. The predicted molar refractivity (Wildman–Crippen MR) is 75.8 cm³/mol. The molecule has 2 aromatic rings. The van der Waals surface area contributed by atoms with E-state index in [0.717, 1.165) is 5.56 Å². The number of rotatable bonds is 3. The summed E-state index contributed by atoms with van der Waals surface area (Å²) in [5, 5.41) is 3.71. The van der Waals surface area contributed by atoms with Crippen LogP contribution in [0.25, 0.3) is 0 Å².